The molecule has 0 saturated heterocycles. The molecule has 2 N–H and O–H groups in total. The smallest absolute Gasteiger partial charge is 0.174 e. The van der Waals surface area contributed by atoms with Crippen LogP contribution < -0.4 is 5.73 Å². The summed E-state index contributed by atoms with van der Waals surface area (Å²) in [5.41, 5.74) is 5.36. The third kappa shape index (κ3) is 2.58. The van der Waals surface area contributed by atoms with Crippen LogP contribution in [0.4, 0.5) is 0 Å². The summed E-state index contributed by atoms with van der Waals surface area (Å²) in [6.45, 7) is 3.61. The Kier molecular flexibility index (Phi) is 3.66. The number of hydrogen-bond acceptors (Lipinski definition) is 4. The van der Waals surface area contributed by atoms with E-state index in [0.29, 0.717) is 6.54 Å². The largest absolute Gasteiger partial charge is 0.330 e. The molecule has 1 aromatic heterocycles. The maximum atomic E-state index is 5.36. The zero-order chi connectivity index (χ0) is 8.81. The van der Waals surface area contributed by atoms with Crippen molar-refractivity contribution in [1.82, 2.24) is 20.2 Å². The molecule has 0 bridgehead atoms. The molecule has 0 aliphatic carbocycles. The second kappa shape index (κ2) is 4.82. The molecule has 1 aromatic rings. The number of nitrogens with two attached hydrogens (primary N) is 1. The molecule has 0 unspecified atom stereocenters. The van der Waals surface area contributed by atoms with Crippen molar-refractivity contribution < 1.29 is 0 Å². The van der Waals surface area contributed by atoms with Gasteiger partial charge >= 0.3 is 0 Å². The highest BCUT2D eigenvalue weighted by Gasteiger charge is 1.99. The van der Waals surface area contributed by atoms with Crippen molar-refractivity contribution in [2.24, 2.45) is 5.73 Å². The lowest BCUT2D eigenvalue weighted by atomic mass is 10.3. The number of tetrazole rings is 1. The summed E-state index contributed by atoms with van der Waals surface area (Å²) in [7, 11) is 0. The number of hydrogen-bond donors (Lipinski definition) is 1. The van der Waals surface area contributed by atoms with E-state index in [4.69, 9.17) is 5.73 Å². The molecule has 0 fully saturated rings. The van der Waals surface area contributed by atoms with Crippen LogP contribution >= 0.6 is 0 Å². The van der Waals surface area contributed by atoms with E-state index >= 15 is 0 Å². The second-order valence-electron chi connectivity index (χ2n) is 2.69. The van der Waals surface area contributed by atoms with Crippen LogP contribution in [-0.4, -0.2) is 26.8 Å². The number of aromatic nitrogens is 4. The van der Waals surface area contributed by atoms with E-state index in [1.165, 1.54) is 0 Å². The van der Waals surface area contributed by atoms with Gasteiger partial charge in [0.2, 0.25) is 0 Å². The lowest BCUT2D eigenvalue weighted by Gasteiger charge is -1.91. The molecule has 12 heavy (non-hydrogen) atoms. The van der Waals surface area contributed by atoms with E-state index < -0.39 is 0 Å². The van der Waals surface area contributed by atoms with Crippen LogP contribution in [0.15, 0.2) is 0 Å². The van der Waals surface area contributed by atoms with E-state index in [0.717, 1.165) is 31.6 Å². The first-order valence-corrected chi connectivity index (χ1v) is 4.33. The molecule has 0 aliphatic heterocycles. The number of nitrogens with zero attached hydrogens (tertiary/aromatic N) is 4. The van der Waals surface area contributed by atoms with Crippen LogP contribution in [-0.2, 0) is 13.0 Å². The standard InChI is InChI=1S/C7H15N5/c1-2-6-12-10-7(9-11-12)4-3-5-8/h2-6,8H2,1H3. The molecule has 1 heterocycles. The van der Waals surface area contributed by atoms with E-state index in [1.807, 2.05) is 0 Å². The molecule has 0 atom stereocenters. The number of aryl methyl sites for hydroxylation is 2. The maximum absolute atomic E-state index is 5.36. The highest BCUT2D eigenvalue weighted by atomic mass is 15.6. The van der Waals surface area contributed by atoms with Gasteiger partial charge in [0.15, 0.2) is 5.82 Å². The van der Waals surface area contributed by atoms with Crippen molar-refractivity contribution in [3.8, 4) is 0 Å². The minimum atomic E-state index is 0.683. The molecule has 0 saturated carbocycles. The summed E-state index contributed by atoms with van der Waals surface area (Å²) >= 11 is 0. The summed E-state index contributed by atoms with van der Waals surface area (Å²) in [6, 6.07) is 0. The van der Waals surface area contributed by atoms with Gasteiger partial charge < -0.3 is 5.73 Å². The predicted octanol–water partition coefficient (Wildman–Crippen LogP) is -0.0256. The molecule has 0 aromatic carbocycles. The van der Waals surface area contributed by atoms with E-state index in [9.17, 15) is 0 Å². The Morgan fingerprint density at radius 3 is 3.00 bits per heavy atom. The molecule has 0 radical (unpaired) electrons. The molecule has 0 spiro atoms. The molecule has 0 aliphatic rings. The molecular weight excluding hydrogens is 154 g/mol. The SMILES string of the molecule is CCCn1nnc(CCCN)n1. The third-order valence-electron chi connectivity index (χ3n) is 1.52. The monoisotopic (exact) mass is 169 g/mol. The van der Waals surface area contributed by atoms with Gasteiger partial charge in [-0.1, -0.05) is 6.92 Å². The average Bonchev–Trinajstić information content (AvgIpc) is 2.50. The Hall–Kier alpha value is -0.970. The Bertz CT molecular complexity index is 219. The van der Waals surface area contributed by atoms with Crippen molar-refractivity contribution >= 4 is 0 Å². The number of rotatable bonds is 5. The molecule has 5 heteroatoms. The Balaban J connectivity index is 2.41. The second-order valence-corrected chi connectivity index (χ2v) is 2.69. The fourth-order valence-corrected chi connectivity index (χ4v) is 0.931. The van der Waals surface area contributed by atoms with Crippen molar-refractivity contribution in [2.75, 3.05) is 6.54 Å². The lowest BCUT2D eigenvalue weighted by Crippen LogP contribution is -2.03. The van der Waals surface area contributed by atoms with Crippen LogP contribution in [0.1, 0.15) is 25.6 Å². The van der Waals surface area contributed by atoms with E-state index in [2.05, 4.69) is 22.3 Å². The van der Waals surface area contributed by atoms with Gasteiger partial charge in [-0.25, -0.2) is 0 Å². The summed E-state index contributed by atoms with van der Waals surface area (Å²) in [4.78, 5) is 1.63. The van der Waals surface area contributed by atoms with Gasteiger partial charge in [0, 0.05) is 6.42 Å². The minimum Gasteiger partial charge on any atom is -0.330 e. The average molecular weight is 169 g/mol. The van der Waals surface area contributed by atoms with Gasteiger partial charge in [-0.3, -0.25) is 0 Å². The maximum Gasteiger partial charge on any atom is 0.174 e. The van der Waals surface area contributed by atoms with Gasteiger partial charge in [0.1, 0.15) is 0 Å². The fraction of sp³-hybridized carbons (Fsp3) is 0.857. The lowest BCUT2D eigenvalue weighted by molar-refractivity contribution is 0.512. The zero-order valence-corrected chi connectivity index (χ0v) is 7.40. The summed E-state index contributed by atoms with van der Waals surface area (Å²) in [5, 5.41) is 12.0. The van der Waals surface area contributed by atoms with Gasteiger partial charge in [-0.2, -0.15) is 4.80 Å². The van der Waals surface area contributed by atoms with Crippen LogP contribution in [0.2, 0.25) is 0 Å². The topological polar surface area (TPSA) is 69.6 Å². The minimum absolute atomic E-state index is 0.683. The Morgan fingerprint density at radius 2 is 2.33 bits per heavy atom. The van der Waals surface area contributed by atoms with Crippen molar-refractivity contribution in [2.45, 2.75) is 32.7 Å². The van der Waals surface area contributed by atoms with Gasteiger partial charge in [0.05, 0.1) is 6.54 Å². The Morgan fingerprint density at radius 1 is 1.50 bits per heavy atom. The molecular formula is C7H15N5. The molecule has 68 valence electrons. The highest BCUT2D eigenvalue weighted by Crippen LogP contribution is 1.92. The van der Waals surface area contributed by atoms with Crippen LogP contribution in [0.5, 0.6) is 0 Å². The first kappa shape index (κ1) is 9.12. The molecule has 5 nitrogen and oxygen atoms in total. The molecule has 0 amide bonds. The quantitative estimate of drug-likeness (QED) is 0.672. The van der Waals surface area contributed by atoms with E-state index in [1.54, 1.807) is 4.80 Å². The van der Waals surface area contributed by atoms with Gasteiger partial charge in [-0.05, 0) is 24.6 Å². The highest BCUT2D eigenvalue weighted by molar-refractivity contribution is 4.76. The van der Waals surface area contributed by atoms with Crippen LogP contribution in [0.25, 0.3) is 0 Å². The normalized spacial score (nSPS) is 10.5. The van der Waals surface area contributed by atoms with Gasteiger partial charge in [-0.15, -0.1) is 10.2 Å². The van der Waals surface area contributed by atoms with E-state index in [-0.39, 0.29) is 0 Å². The first-order valence-electron chi connectivity index (χ1n) is 4.33. The van der Waals surface area contributed by atoms with Crippen molar-refractivity contribution in [1.29, 1.82) is 0 Å². The summed E-state index contributed by atoms with van der Waals surface area (Å²) in [5.74, 6) is 0.800. The molecule has 1 rings (SSSR count). The summed E-state index contributed by atoms with van der Waals surface area (Å²) < 4.78 is 0. The van der Waals surface area contributed by atoms with Crippen LogP contribution in [0.3, 0.4) is 0 Å². The van der Waals surface area contributed by atoms with Crippen LogP contribution in [0, 0.1) is 0 Å². The van der Waals surface area contributed by atoms with Gasteiger partial charge in [0.25, 0.3) is 0 Å². The predicted molar refractivity (Wildman–Crippen MR) is 45.5 cm³/mol. The summed E-state index contributed by atoms with van der Waals surface area (Å²) in [6.07, 6.45) is 2.80. The van der Waals surface area contributed by atoms with Crippen molar-refractivity contribution in [3.05, 3.63) is 5.82 Å². The van der Waals surface area contributed by atoms with Crippen molar-refractivity contribution in [3.63, 3.8) is 0 Å². The first-order chi connectivity index (χ1) is 5.86. The Labute approximate surface area is 71.9 Å². The zero-order valence-electron chi connectivity index (χ0n) is 7.40. The fourth-order valence-electron chi connectivity index (χ4n) is 0.931. The third-order valence-corrected chi connectivity index (χ3v) is 1.52.